The van der Waals surface area contributed by atoms with Crippen LogP contribution in [-0.2, 0) is 4.43 Å². The summed E-state index contributed by atoms with van der Waals surface area (Å²) in [6.07, 6.45) is 0. The summed E-state index contributed by atoms with van der Waals surface area (Å²) in [7, 11) is -1.24. The Morgan fingerprint density at radius 3 is 2.12 bits per heavy atom. The summed E-state index contributed by atoms with van der Waals surface area (Å²) in [5, 5.41) is 0. The van der Waals surface area contributed by atoms with E-state index in [1.807, 2.05) is 0 Å². The quantitative estimate of drug-likeness (QED) is 0.533. The van der Waals surface area contributed by atoms with Gasteiger partial charge in [0.05, 0.1) is 0 Å². The molecule has 0 saturated heterocycles. The second-order valence-electron chi connectivity index (χ2n) is 2.46. The van der Waals surface area contributed by atoms with Crippen LogP contribution in [0.1, 0.15) is 6.92 Å². The highest BCUT2D eigenvalue weighted by molar-refractivity contribution is 6.71. The van der Waals surface area contributed by atoms with Gasteiger partial charge in [-0.25, -0.2) is 0 Å². The van der Waals surface area contributed by atoms with Gasteiger partial charge in [0.15, 0.2) is 8.32 Å². The lowest BCUT2D eigenvalue weighted by Crippen LogP contribution is -2.28. The van der Waals surface area contributed by atoms with Crippen molar-refractivity contribution in [1.82, 2.24) is 0 Å². The first-order chi connectivity index (χ1) is 3.62. The lowest BCUT2D eigenvalue weighted by Gasteiger charge is -2.18. The minimum Gasteiger partial charge on any atom is -0.417 e. The van der Waals surface area contributed by atoms with Crippen molar-refractivity contribution in [1.29, 1.82) is 0 Å². The molecule has 0 spiro atoms. The van der Waals surface area contributed by atoms with Gasteiger partial charge in [0.1, 0.15) is 0 Å². The molecule has 0 aliphatic carbocycles. The molecule has 49 valence electrons. The summed E-state index contributed by atoms with van der Waals surface area (Å²) in [5.41, 5.74) is 0. The molecule has 0 aromatic carbocycles. The second-order valence-corrected chi connectivity index (χ2v) is 6.98. The van der Waals surface area contributed by atoms with Crippen LogP contribution >= 0.6 is 0 Å². The Kier molecular flexibility index (Phi) is 3.32. The van der Waals surface area contributed by atoms with E-state index in [4.69, 9.17) is 4.43 Å². The maximum Gasteiger partial charge on any atom is 0.186 e. The zero-order chi connectivity index (χ0) is 6.62. The Labute approximate surface area is 53.2 Å². The van der Waals surface area contributed by atoms with Gasteiger partial charge in [-0.1, -0.05) is 6.92 Å². The highest BCUT2D eigenvalue weighted by atomic mass is 28.4. The van der Waals surface area contributed by atoms with Crippen LogP contribution in [0.4, 0.5) is 0 Å². The van der Waals surface area contributed by atoms with Crippen molar-refractivity contribution in [3.05, 3.63) is 6.92 Å². The Morgan fingerprint density at radius 2 is 2.00 bits per heavy atom. The van der Waals surface area contributed by atoms with Crippen LogP contribution in [0.2, 0.25) is 19.1 Å². The predicted octanol–water partition coefficient (Wildman–Crippen LogP) is 2.06. The minimum atomic E-state index is -1.24. The summed E-state index contributed by atoms with van der Waals surface area (Å²) in [4.78, 5) is 0. The first-order valence-electron chi connectivity index (χ1n) is 3.05. The zero-order valence-corrected chi connectivity index (χ0v) is 7.03. The van der Waals surface area contributed by atoms with Gasteiger partial charge >= 0.3 is 0 Å². The molecule has 0 aromatic heterocycles. The fourth-order valence-corrected chi connectivity index (χ4v) is 1.14. The van der Waals surface area contributed by atoms with E-state index < -0.39 is 8.32 Å². The van der Waals surface area contributed by atoms with Gasteiger partial charge in [0.25, 0.3) is 0 Å². The SMILES string of the molecule is [CH2]CO[Si](C)(C)CC. The Bertz CT molecular complexity index is 61.5. The standard InChI is InChI=1S/C6H15OSi/c1-5-7-8(3,4)6-2/h1,5-6H2,2-4H3. The molecule has 0 amide bonds. The normalized spacial score (nSPS) is 12.0. The predicted molar refractivity (Wildman–Crippen MR) is 39.3 cm³/mol. The monoisotopic (exact) mass is 131 g/mol. The van der Waals surface area contributed by atoms with Gasteiger partial charge in [-0.15, -0.1) is 0 Å². The summed E-state index contributed by atoms with van der Waals surface area (Å²) < 4.78 is 5.41. The lowest BCUT2D eigenvalue weighted by atomic mass is 10.9. The van der Waals surface area contributed by atoms with Crippen LogP contribution < -0.4 is 0 Å². The molecule has 0 fully saturated rings. The fourth-order valence-electron chi connectivity index (χ4n) is 0.378. The third kappa shape index (κ3) is 3.21. The summed E-state index contributed by atoms with van der Waals surface area (Å²) in [6.45, 7) is 10.8. The topological polar surface area (TPSA) is 9.23 Å². The maximum absolute atomic E-state index is 5.41. The first-order valence-corrected chi connectivity index (χ1v) is 6.17. The molecule has 0 aliphatic rings. The van der Waals surface area contributed by atoms with Crippen LogP contribution in [0, 0.1) is 6.92 Å². The summed E-state index contributed by atoms with van der Waals surface area (Å²) in [5.74, 6) is 0. The molecule has 0 N–H and O–H groups in total. The van der Waals surface area contributed by atoms with E-state index >= 15 is 0 Å². The molecule has 0 heterocycles. The van der Waals surface area contributed by atoms with E-state index in [1.54, 1.807) is 0 Å². The van der Waals surface area contributed by atoms with Crippen molar-refractivity contribution in [2.75, 3.05) is 6.61 Å². The van der Waals surface area contributed by atoms with E-state index in [0.717, 1.165) is 0 Å². The molecule has 2 heteroatoms. The van der Waals surface area contributed by atoms with Crippen LogP contribution in [0.15, 0.2) is 0 Å². The molecule has 0 bridgehead atoms. The van der Waals surface area contributed by atoms with Crippen molar-refractivity contribution in [2.24, 2.45) is 0 Å². The van der Waals surface area contributed by atoms with Crippen molar-refractivity contribution in [3.63, 3.8) is 0 Å². The average Bonchev–Trinajstić information content (AvgIpc) is 1.67. The largest absolute Gasteiger partial charge is 0.417 e. The van der Waals surface area contributed by atoms with Gasteiger partial charge in [-0.2, -0.15) is 0 Å². The van der Waals surface area contributed by atoms with Gasteiger partial charge < -0.3 is 4.43 Å². The third-order valence-corrected chi connectivity index (χ3v) is 4.03. The summed E-state index contributed by atoms with van der Waals surface area (Å²) in [6, 6.07) is 1.18. The van der Waals surface area contributed by atoms with Crippen LogP contribution in [-0.4, -0.2) is 14.9 Å². The van der Waals surface area contributed by atoms with E-state index in [2.05, 4.69) is 26.9 Å². The van der Waals surface area contributed by atoms with Gasteiger partial charge in [0, 0.05) is 6.61 Å². The van der Waals surface area contributed by atoms with Crippen molar-refractivity contribution in [2.45, 2.75) is 26.1 Å². The maximum atomic E-state index is 5.41. The zero-order valence-electron chi connectivity index (χ0n) is 6.03. The molecule has 8 heavy (non-hydrogen) atoms. The first kappa shape index (κ1) is 8.18. The highest BCUT2D eigenvalue weighted by Gasteiger charge is 2.17. The Morgan fingerprint density at radius 1 is 1.50 bits per heavy atom. The minimum absolute atomic E-state index is 0.632. The van der Waals surface area contributed by atoms with E-state index in [1.165, 1.54) is 6.04 Å². The molecule has 0 rings (SSSR count). The van der Waals surface area contributed by atoms with Crippen LogP contribution in [0.5, 0.6) is 0 Å². The van der Waals surface area contributed by atoms with Gasteiger partial charge in [-0.3, -0.25) is 0 Å². The van der Waals surface area contributed by atoms with Gasteiger partial charge in [-0.05, 0) is 26.1 Å². The second kappa shape index (κ2) is 3.25. The number of hydrogen-bond donors (Lipinski definition) is 0. The number of hydrogen-bond acceptors (Lipinski definition) is 1. The van der Waals surface area contributed by atoms with E-state index in [0.29, 0.717) is 6.61 Å². The molecule has 0 saturated carbocycles. The molecule has 0 aliphatic heterocycles. The lowest BCUT2D eigenvalue weighted by molar-refractivity contribution is 0.351. The van der Waals surface area contributed by atoms with Crippen molar-refractivity contribution >= 4 is 8.32 Å². The Hall–Kier alpha value is 0.177. The molecular formula is C6H15OSi. The van der Waals surface area contributed by atoms with E-state index in [9.17, 15) is 0 Å². The summed E-state index contributed by atoms with van der Waals surface area (Å²) >= 11 is 0. The molecular weight excluding hydrogens is 116 g/mol. The molecule has 0 aromatic rings. The highest BCUT2D eigenvalue weighted by Crippen LogP contribution is 2.08. The third-order valence-electron chi connectivity index (χ3n) is 1.34. The average molecular weight is 131 g/mol. The van der Waals surface area contributed by atoms with Crippen molar-refractivity contribution in [3.8, 4) is 0 Å². The molecule has 0 atom stereocenters. The Balaban J connectivity index is 3.37. The van der Waals surface area contributed by atoms with Crippen molar-refractivity contribution < 1.29 is 4.43 Å². The van der Waals surface area contributed by atoms with Crippen LogP contribution in [0.25, 0.3) is 0 Å². The van der Waals surface area contributed by atoms with Crippen LogP contribution in [0.3, 0.4) is 0 Å². The fraction of sp³-hybridized carbons (Fsp3) is 0.833. The molecule has 1 nitrogen and oxygen atoms in total. The molecule has 1 radical (unpaired) electrons. The number of rotatable bonds is 3. The smallest absolute Gasteiger partial charge is 0.186 e. The molecule has 0 unspecified atom stereocenters. The van der Waals surface area contributed by atoms with E-state index in [-0.39, 0.29) is 0 Å². The van der Waals surface area contributed by atoms with Gasteiger partial charge in [0.2, 0.25) is 0 Å².